The lowest BCUT2D eigenvalue weighted by Gasteiger charge is -2.02. The monoisotopic (exact) mass is 311 g/mol. The molecule has 0 saturated carbocycles. The first-order chi connectivity index (χ1) is 10.0. The third-order valence-corrected chi connectivity index (χ3v) is 2.85. The van der Waals surface area contributed by atoms with E-state index < -0.39 is 30.4 Å². The maximum Gasteiger partial charge on any atom is 0.331 e. The summed E-state index contributed by atoms with van der Waals surface area (Å²) in [5.41, 5.74) is 0. The van der Waals surface area contributed by atoms with E-state index in [1.807, 2.05) is 0 Å². The molecule has 0 atom stereocenters. The number of amides is 2. The Morgan fingerprint density at radius 2 is 1.86 bits per heavy atom. The number of esters is 2. The highest BCUT2D eigenvalue weighted by molar-refractivity contribution is 7.12. The van der Waals surface area contributed by atoms with Crippen molar-refractivity contribution in [1.82, 2.24) is 5.32 Å². The smallest absolute Gasteiger partial charge is 0.331 e. The summed E-state index contributed by atoms with van der Waals surface area (Å²) in [6.07, 6.45) is 1.73. The normalized spacial score (nSPS) is 10.1. The van der Waals surface area contributed by atoms with Crippen molar-refractivity contribution in [2.45, 2.75) is 6.92 Å². The highest BCUT2D eigenvalue weighted by Crippen LogP contribution is 2.07. The van der Waals surface area contributed by atoms with E-state index in [9.17, 15) is 19.2 Å². The molecule has 112 valence electrons. The first-order valence-electron chi connectivity index (χ1n) is 5.92. The van der Waals surface area contributed by atoms with Crippen LogP contribution in [0.2, 0.25) is 0 Å². The molecule has 0 radical (unpaired) electrons. The number of imide groups is 1. The third kappa shape index (κ3) is 6.48. The number of ether oxygens (including phenoxy) is 2. The van der Waals surface area contributed by atoms with Crippen LogP contribution in [0.15, 0.2) is 29.7 Å². The number of carbonyl (C=O) groups excluding carboxylic acids is 4. The lowest BCUT2D eigenvalue weighted by Crippen LogP contribution is -2.33. The van der Waals surface area contributed by atoms with E-state index in [-0.39, 0.29) is 6.61 Å². The molecule has 1 aromatic rings. The van der Waals surface area contributed by atoms with Gasteiger partial charge in [-0.1, -0.05) is 6.07 Å². The van der Waals surface area contributed by atoms with Crippen LogP contribution in [0, 0.1) is 0 Å². The molecule has 0 aromatic carbocycles. The van der Waals surface area contributed by atoms with Gasteiger partial charge in [0.15, 0.2) is 6.61 Å². The van der Waals surface area contributed by atoms with Crippen LogP contribution in [0.25, 0.3) is 0 Å². The fourth-order valence-corrected chi connectivity index (χ4v) is 1.76. The van der Waals surface area contributed by atoms with Crippen LogP contribution in [-0.2, 0) is 23.9 Å². The summed E-state index contributed by atoms with van der Waals surface area (Å²) in [5.74, 6) is -2.90. The average Bonchev–Trinajstić information content (AvgIpc) is 2.97. The Kier molecular flexibility index (Phi) is 6.82. The number of rotatable bonds is 6. The first-order valence-corrected chi connectivity index (χ1v) is 6.80. The molecule has 2 amide bonds. The van der Waals surface area contributed by atoms with E-state index in [1.54, 1.807) is 24.4 Å². The van der Waals surface area contributed by atoms with E-state index >= 15 is 0 Å². The Morgan fingerprint density at radius 3 is 2.43 bits per heavy atom. The van der Waals surface area contributed by atoms with E-state index in [4.69, 9.17) is 0 Å². The second-order valence-electron chi connectivity index (χ2n) is 3.55. The molecule has 7 nitrogen and oxygen atoms in total. The van der Waals surface area contributed by atoms with Gasteiger partial charge in [0, 0.05) is 12.2 Å². The average molecular weight is 311 g/mol. The van der Waals surface area contributed by atoms with Crippen molar-refractivity contribution in [2.24, 2.45) is 0 Å². The van der Waals surface area contributed by atoms with E-state index in [2.05, 4.69) is 14.8 Å². The van der Waals surface area contributed by atoms with Gasteiger partial charge in [-0.15, -0.1) is 11.3 Å². The zero-order valence-corrected chi connectivity index (χ0v) is 12.0. The minimum Gasteiger partial charge on any atom is -0.463 e. The zero-order chi connectivity index (χ0) is 15.7. The van der Waals surface area contributed by atoms with Gasteiger partial charge >= 0.3 is 11.9 Å². The molecule has 21 heavy (non-hydrogen) atoms. The minimum absolute atomic E-state index is 0.186. The topological polar surface area (TPSA) is 98.8 Å². The number of thiophene rings is 1. The molecule has 1 aromatic heterocycles. The summed E-state index contributed by atoms with van der Waals surface area (Å²) < 4.78 is 9.11. The minimum atomic E-state index is -0.887. The predicted molar refractivity (Wildman–Crippen MR) is 73.5 cm³/mol. The van der Waals surface area contributed by atoms with Gasteiger partial charge in [0.1, 0.15) is 0 Å². The Bertz CT molecular complexity index is 549. The fraction of sp³-hybridized carbons (Fsp3) is 0.231. The van der Waals surface area contributed by atoms with E-state index in [0.29, 0.717) is 4.88 Å². The van der Waals surface area contributed by atoms with Crippen molar-refractivity contribution in [2.75, 3.05) is 13.2 Å². The summed E-state index contributed by atoms with van der Waals surface area (Å²) in [6.45, 7) is 1.19. The molecule has 0 spiro atoms. The lowest BCUT2D eigenvalue weighted by molar-refractivity contribution is -0.144. The van der Waals surface area contributed by atoms with Crippen molar-refractivity contribution in [3.63, 3.8) is 0 Å². The highest BCUT2D eigenvalue weighted by atomic mass is 32.1. The van der Waals surface area contributed by atoms with Gasteiger partial charge in [-0.3, -0.25) is 14.9 Å². The van der Waals surface area contributed by atoms with Crippen LogP contribution in [0.5, 0.6) is 0 Å². The summed E-state index contributed by atoms with van der Waals surface area (Å²) in [4.78, 5) is 45.4. The SMILES string of the molecule is CCOC(=O)/C=C/C(=O)OCC(=O)NC(=O)c1cccs1. The first kappa shape index (κ1) is 16.6. The van der Waals surface area contributed by atoms with Crippen LogP contribution in [0.1, 0.15) is 16.6 Å². The molecule has 0 aliphatic rings. The van der Waals surface area contributed by atoms with Gasteiger partial charge in [0.05, 0.1) is 11.5 Å². The molecular weight excluding hydrogens is 298 g/mol. The van der Waals surface area contributed by atoms with Gasteiger partial charge in [-0.2, -0.15) is 0 Å². The van der Waals surface area contributed by atoms with Crippen molar-refractivity contribution < 1.29 is 28.7 Å². The lowest BCUT2D eigenvalue weighted by atomic mass is 10.4. The molecule has 0 aliphatic carbocycles. The van der Waals surface area contributed by atoms with Gasteiger partial charge in [-0.05, 0) is 18.4 Å². The molecule has 8 heteroatoms. The van der Waals surface area contributed by atoms with Crippen LogP contribution < -0.4 is 5.32 Å². The second-order valence-corrected chi connectivity index (χ2v) is 4.50. The standard InChI is InChI=1S/C13H13NO6S/c1-2-19-11(16)5-6-12(17)20-8-10(15)14-13(18)9-4-3-7-21-9/h3-7H,2,8H2,1H3,(H,14,15,18)/b6-5+. The van der Waals surface area contributed by atoms with Gasteiger partial charge in [0.2, 0.25) is 0 Å². The highest BCUT2D eigenvalue weighted by Gasteiger charge is 2.12. The summed E-state index contributed by atoms with van der Waals surface area (Å²) in [6, 6.07) is 3.23. The van der Waals surface area contributed by atoms with Crippen LogP contribution in [0.4, 0.5) is 0 Å². The molecule has 1 N–H and O–H groups in total. The molecule has 1 rings (SSSR count). The maximum absolute atomic E-state index is 11.5. The molecule has 0 fully saturated rings. The largest absolute Gasteiger partial charge is 0.463 e. The van der Waals surface area contributed by atoms with E-state index in [1.165, 1.54) is 11.3 Å². The Labute approximate surface area is 124 Å². The van der Waals surface area contributed by atoms with Crippen LogP contribution in [0.3, 0.4) is 0 Å². The van der Waals surface area contributed by atoms with Crippen molar-refractivity contribution in [3.8, 4) is 0 Å². The van der Waals surface area contributed by atoms with Crippen molar-refractivity contribution >= 4 is 35.1 Å². The predicted octanol–water partition coefficient (Wildman–Crippen LogP) is 0.667. The number of hydrogen-bond acceptors (Lipinski definition) is 7. The number of carbonyl (C=O) groups is 4. The zero-order valence-electron chi connectivity index (χ0n) is 11.2. The fourth-order valence-electron chi connectivity index (χ4n) is 1.14. The molecule has 0 saturated heterocycles. The molecule has 1 heterocycles. The van der Waals surface area contributed by atoms with Crippen molar-refractivity contribution in [1.29, 1.82) is 0 Å². The van der Waals surface area contributed by atoms with Gasteiger partial charge < -0.3 is 9.47 Å². The molecule has 0 unspecified atom stereocenters. The summed E-state index contributed by atoms with van der Waals surface area (Å²) >= 11 is 1.18. The maximum atomic E-state index is 11.5. The molecule has 0 bridgehead atoms. The Morgan fingerprint density at radius 1 is 1.19 bits per heavy atom. The van der Waals surface area contributed by atoms with Crippen LogP contribution >= 0.6 is 11.3 Å². The van der Waals surface area contributed by atoms with Crippen LogP contribution in [-0.4, -0.2) is 37.0 Å². The quantitative estimate of drug-likeness (QED) is 0.612. The second kappa shape index (κ2) is 8.64. The Balaban J connectivity index is 2.31. The molecule has 0 aliphatic heterocycles. The summed E-state index contributed by atoms with van der Waals surface area (Å²) in [7, 11) is 0. The number of hydrogen-bond donors (Lipinski definition) is 1. The Hall–Kier alpha value is -2.48. The van der Waals surface area contributed by atoms with E-state index in [0.717, 1.165) is 12.2 Å². The van der Waals surface area contributed by atoms with Gasteiger partial charge in [-0.25, -0.2) is 9.59 Å². The molecular formula is C13H13NO6S. The van der Waals surface area contributed by atoms with Crippen molar-refractivity contribution in [3.05, 3.63) is 34.5 Å². The third-order valence-electron chi connectivity index (χ3n) is 1.99. The number of nitrogens with one attached hydrogen (secondary N) is 1. The van der Waals surface area contributed by atoms with Gasteiger partial charge in [0.25, 0.3) is 11.8 Å². The summed E-state index contributed by atoms with van der Waals surface area (Å²) in [5, 5.41) is 3.76.